The number of carbonyl (C=O) groups excluding carboxylic acids is 1. The first-order valence-electron chi connectivity index (χ1n) is 8.89. The van der Waals surface area contributed by atoms with Crippen molar-refractivity contribution in [1.82, 2.24) is 4.98 Å². The minimum atomic E-state index is -0.363. The predicted molar refractivity (Wildman–Crippen MR) is 116 cm³/mol. The molecule has 2 heterocycles. The van der Waals surface area contributed by atoms with Gasteiger partial charge >= 0.3 is 0 Å². The van der Waals surface area contributed by atoms with Gasteiger partial charge in [-0.1, -0.05) is 47.4 Å². The number of thiazole rings is 1. The number of anilines is 1. The van der Waals surface area contributed by atoms with E-state index < -0.39 is 0 Å². The summed E-state index contributed by atoms with van der Waals surface area (Å²) in [6.07, 6.45) is 0.903. The van der Waals surface area contributed by atoms with Crippen LogP contribution in [0.15, 0.2) is 53.5 Å². The van der Waals surface area contributed by atoms with Crippen LogP contribution >= 0.6 is 23.1 Å². The van der Waals surface area contributed by atoms with Gasteiger partial charge < -0.3 is 10.5 Å². The van der Waals surface area contributed by atoms with Crippen molar-refractivity contribution in [1.29, 1.82) is 0 Å². The molecule has 3 aromatic rings. The summed E-state index contributed by atoms with van der Waals surface area (Å²) in [5.74, 6) is 1.32. The number of amides is 1. The number of hydrogen-bond acceptors (Lipinski definition) is 7. The highest BCUT2D eigenvalue weighted by Gasteiger charge is 2.29. The Morgan fingerprint density at radius 1 is 1.29 bits per heavy atom. The molecule has 4 rings (SSSR count). The smallest absolute Gasteiger partial charge is 0.264 e. The fourth-order valence-electron chi connectivity index (χ4n) is 3.05. The van der Waals surface area contributed by atoms with Gasteiger partial charge in [0.25, 0.3) is 5.91 Å². The van der Waals surface area contributed by atoms with E-state index in [1.807, 2.05) is 48.5 Å². The highest BCUT2D eigenvalue weighted by atomic mass is 32.2. The summed E-state index contributed by atoms with van der Waals surface area (Å²) in [7, 11) is 0. The molecule has 6 nitrogen and oxygen atoms in total. The Kier molecular flexibility index (Phi) is 5.23. The molecule has 0 fully saturated rings. The highest BCUT2D eigenvalue weighted by molar-refractivity contribution is 8.13. The summed E-state index contributed by atoms with van der Waals surface area (Å²) in [5, 5.41) is 3.97. The minimum Gasteiger partial charge on any atom is -0.484 e. The van der Waals surface area contributed by atoms with Crippen molar-refractivity contribution >= 4 is 49.5 Å². The zero-order valence-corrected chi connectivity index (χ0v) is 17.0. The van der Waals surface area contributed by atoms with Crippen molar-refractivity contribution in [3.05, 3.63) is 54.1 Å². The van der Waals surface area contributed by atoms with Crippen molar-refractivity contribution in [3.63, 3.8) is 0 Å². The lowest BCUT2D eigenvalue weighted by molar-refractivity contribution is -0.118. The van der Waals surface area contributed by atoms with Gasteiger partial charge in [-0.3, -0.25) is 15.1 Å². The Labute approximate surface area is 171 Å². The van der Waals surface area contributed by atoms with Crippen LogP contribution in [0, 0.1) is 0 Å². The number of nitrogens with two attached hydrogens (primary N) is 1. The molecule has 3 N–H and O–H groups in total. The molecule has 1 aromatic heterocycles. The second kappa shape index (κ2) is 7.81. The normalized spacial score (nSPS) is 19.2. The van der Waals surface area contributed by atoms with Crippen LogP contribution in [0.1, 0.15) is 18.9 Å². The summed E-state index contributed by atoms with van der Waals surface area (Å²) in [5.41, 5.74) is 7.44. The fraction of sp³-hybridized carbons (Fsp3) is 0.250. The Morgan fingerprint density at radius 2 is 2.14 bits per heavy atom. The third kappa shape index (κ3) is 4.13. The van der Waals surface area contributed by atoms with Crippen molar-refractivity contribution in [2.75, 3.05) is 17.7 Å². The van der Waals surface area contributed by atoms with Crippen LogP contribution in [0.4, 0.5) is 5.13 Å². The van der Waals surface area contributed by atoms with Gasteiger partial charge in [0, 0.05) is 5.75 Å². The first-order chi connectivity index (χ1) is 13.5. The number of ether oxygens (including phenoxy) is 1. The molecule has 1 aliphatic heterocycles. The number of hydrogen-bond donors (Lipinski definition) is 2. The topological polar surface area (TPSA) is 89.6 Å². The van der Waals surface area contributed by atoms with Crippen LogP contribution in [-0.2, 0) is 10.3 Å². The van der Waals surface area contributed by atoms with E-state index in [0.29, 0.717) is 16.0 Å². The third-order valence-corrected chi connectivity index (χ3v) is 6.31. The van der Waals surface area contributed by atoms with Gasteiger partial charge in [-0.25, -0.2) is 4.98 Å². The maximum Gasteiger partial charge on any atom is 0.264 e. The van der Waals surface area contributed by atoms with Gasteiger partial charge in [-0.2, -0.15) is 0 Å². The summed E-state index contributed by atoms with van der Waals surface area (Å²) in [6, 6.07) is 15.5. The molecular formula is C20H20N4O2S2. The largest absolute Gasteiger partial charge is 0.484 e. The summed E-state index contributed by atoms with van der Waals surface area (Å²) in [4.78, 5) is 21.3. The lowest BCUT2D eigenvalue weighted by atomic mass is 9.90. The molecule has 0 bridgehead atoms. The average Bonchev–Trinajstić information content (AvgIpc) is 3.08. The number of aromatic nitrogens is 1. The number of para-hydroxylation sites is 1. The molecule has 0 radical (unpaired) electrons. The summed E-state index contributed by atoms with van der Waals surface area (Å²) < 4.78 is 6.73. The van der Waals surface area contributed by atoms with Gasteiger partial charge in [0.05, 0.1) is 15.8 Å². The zero-order valence-electron chi connectivity index (χ0n) is 15.3. The van der Waals surface area contributed by atoms with Crippen LogP contribution < -0.4 is 15.8 Å². The lowest BCUT2D eigenvalue weighted by Crippen LogP contribution is -2.28. The first kappa shape index (κ1) is 18.8. The highest BCUT2D eigenvalue weighted by Crippen LogP contribution is 2.36. The number of carbonyl (C=O) groups is 1. The molecule has 144 valence electrons. The maximum atomic E-state index is 12.2. The monoisotopic (exact) mass is 412 g/mol. The van der Waals surface area contributed by atoms with E-state index in [-0.39, 0.29) is 18.1 Å². The minimum absolute atomic E-state index is 0.0860. The lowest BCUT2D eigenvalue weighted by Gasteiger charge is -2.30. The summed E-state index contributed by atoms with van der Waals surface area (Å²) in [6.45, 7) is 1.98. The van der Waals surface area contributed by atoms with Crippen molar-refractivity contribution in [2.24, 2.45) is 10.7 Å². The molecule has 0 aliphatic carbocycles. The summed E-state index contributed by atoms with van der Waals surface area (Å²) >= 11 is 3.02. The van der Waals surface area contributed by atoms with Crippen molar-refractivity contribution in [2.45, 2.75) is 18.9 Å². The second-order valence-electron chi connectivity index (χ2n) is 6.67. The van der Waals surface area contributed by atoms with Crippen LogP contribution in [0.2, 0.25) is 0 Å². The Bertz CT molecular complexity index is 1020. The number of nitrogens with one attached hydrogen (secondary N) is 1. The van der Waals surface area contributed by atoms with Crippen molar-refractivity contribution < 1.29 is 9.53 Å². The van der Waals surface area contributed by atoms with Crippen LogP contribution in [0.25, 0.3) is 10.2 Å². The molecule has 1 atom stereocenters. The van der Waals surface area contributed by atoms with Crippen LogP contribution in [0.5, 0.6) is 5.75 Å². The number of nitrogens with zero attached hydrogens (tertiary/aromatic N) is 2. The van der Waals surface area contributed by atoms with Crippen LogP contribution in [0.3, 0.4) is 0 Å². The van der Waals surface area contributed by atoms with E-state index in [9.17, 15) is 4.79 Å². The van der Waals surface area contributed by atoms with E-state index in [1.165, 1.54) is 11.3 Å². The molecule has 1 aliphatic rings. The number of amidine groups is 1. The average molecular weight is 413 g/mol. The molecular weight excluding hydrogens is 392 g/mol. The van der Waals surface area contributed by atoms with E-state index in [1.54, 1.807) is 11.8 Å². The SMILES string of the molecule is CC1(c2cccc(OCC(=O)Nc3nc4ccccc4s3)c2)CCSC(N)=N1. The molecule has 8 heteroatoms. The van der Waals surface area contributed by atoms with Gasteiger partial charge in [0.15, 0.2) is 16.9 Å². The zero-order chi connectivity index (χ0) is 19.6. The Balaban J connectivity index is 1.40. The maximum absolute atomic E-state index is 12.2. The van der Waals surface area contributed by atoms with Gasteiger partial charge in [-0.15, -0.1) is 0 Å². The number of fused-ring (bicyclic) bond motifs is 1. The molecule has 28 heavy (non-hydrogen) atoms. The molecule has 0 saturated carbocycles. The van der Waals surface area contributed by atoms with E-state index in [0.717, 1.165) is 28.0 Å². The number of thioether (sulfide) groups is 1. The third-order valence-electron chi connectivity index (χ3n) is 4.56. The number of rotatable bonds is 5. The number of benzene rings is 2. The molecule has 0 spiro atoms. The van der Waals surface area contributed by atoms with Crippen LogP contribution in [-0.4, -0.2) is 28.4 Å². The van der Waals surface area contributed by atoms with E-state index in [2.05, 4.69) is 22.2 Å². The predicted octanol–water partition coefficient (Wildman–Crippen LogP) is 3.98. The van der Waals surface area contributed by atoms with E-state index in [4.69, 9.17) is 10.5 Å². The quantitative estimate of drug-likeness (QED) is 0.662. The van der Waals surface area contributed by atoms with Gasteiger partial charge in [0.2, 0.25) is 0 Å². The standard InChI is InChI=1S/C20H20N4O2S2/c1-20(9-10-27-18(21)24-20)13-5-4-6-14(11-13)26-12-17(25)23-19-22-15-7-2-3-8-16(15)28-19/h2-8,11H,9-10,12H2,1H3,(H2,21,24)(H,22,23,25). The van der Waals surface area contributed by atoms with Gasteiger partial charge in [-0.05, 0) is 43.2 Å². The van der Waals surface area contributed by atoms with E-state index >= 15 is 0 Å². The Hall–Kier alpha value is -2.58. The number of aliphatic imine (C=N–C) groups is 1. The van der Waals surface area contributed by atoms with Crippen molar-refractivity contribution in [3.8, 4) is 5.75 Å². The molecule has 1 unspecified atom stereocenters. The molecule has 2 aromatic carbocycles. The Morgan fingerprint density at radius 3 is 2.96 bits per heavy atom. The second-order valence-corrected chi connectivity index (χ2v) is 8.82. The molecule has 0 saturated heterocycles. The van der Waals surface area contributed by atoms with Gasteiger partial charge in [0.1, 0.15) is 5.75 Å². The molecule has 1 amide bonds. The first-order valence-corrected chi connectivity index (χ1v) is 10.7. The fourth-order valence-corrected chi connectivity index (χ4v) is 4.90.